The van der Waals surface area contributed by atoms with Crippen molar-refractivity contribution in [2.24, 2.45) is 0 Å². The van der Waals surface area contributed by atoms with Crippen molar-refractivity contribution >= 4 is 11.9 Å². The summed E-state index contributed by atoms with van der Waals surface area (Å²) in [6.07, 6.45) is 1.82. The van der Waals surface area contributed by atoms with Crippen LogP contribution in [-0.4, -0.2) is 41.2 Å². The molecule has 1 aromatic heterocycles. The molecule has 1 aliphatic rings. The topological polar surface area (TPSA) is 91.4 Å². The van der Waals surface area contributed by atoms with Crippen LogP contribution in [0.15, 0.2) is 0 Å². The van der Waals surface area contributed by atoms with Crippen LogP contribution in [0.1, 0.15) is 44.9 Å². The monoisotopic (exact) mass is 266 g/mol. The van der Waals surface area contributed by atoms with Crippen molar-refractivity contribution in [2.45, 2.75) is 38.8 Å². The second kappa shape index (κ2) is 5.05. The minimum Gasteiger partial charge on any atom is -0.477 e. The molecule has 1 aromatic rings. The molecule has 6 nitrogen and oxygen atoms in total. The zero-order chi connectivity index (χ0) is 14.2. The number of hydrogen-bond donors (Lipinski definition) is 3. The largest absolute Gasteiger partial charge is 0.477 e. The molecule has 0 aliphatic heterocycles. The van der Waals surface area contributed by atoms with Gasteiger partial charge in [-0.15, -0.1) is 0 Å². The first kappa shape index (κ1) is 13.6. The highest BCUT2D eigenvalue weighted by molar-refractivity contribution is 6.00. The number of carbonyl (C=O) groups excluding carboxylic acids is 1. The van der Waals surface area contributed by atoms with Gasteiger partial charge >= 0.3 is 5.97 Å². The van der Waals surface area contributed by atoms with Gasteiger partial charge in [0.1, 0.15) is 5.69 Å². The lowest BCUT2D eigenvalue weighted by Crippen LogP contribution is -2.47. The summed E-state index contributed by atoms with van der Waals surface area (Å²) in [5.41, 5.74) is 1.56. The summed E-state index contributed by atoms with van der Waals surface area (Å²) in [6.45, 7) is 3.34. The fourth-order valence-electron chi connectivity index (χ4n) is 2.44. The predicted octanol–water partition coefficient (Wildman–Crippen LogP) is 1.24. The molecular weight excluding hydrogens is 248 g/mol. The molecule has 0 atom stereocenters. The molecule has 1 amide bonds. The molecule has 0 aromatic carbocycles. The van der Waals surface area contributed by atoms with E-state index in [1.807, 2.05) is 0 Å². The zero-order valence-corrected chi connectivity index (χ0v) is 11.2. The number of H-pyrrole nitrogens is 1. The molecule has 3 N–H and O–H groups in total. The Morgan fingerprint density at radius 3 is 2.47 bits per heavy atom. The number of methoxy groups -OCH3 is 1. The Hall–Kier alpha value is -1.82. The zero-order valence-electron chi connectivity index (χ0n) is 11.2. The lowest BCUT2D eigenvalue weighted by Gasteiger charge is -2.34. The van der Waals surface area contributed by atoms with E-state index < -0.39 is 5.97 Å². The molecule has 0 radical (unpaired) electrons. The lowest BCUT2D eigenvalue weighted by molar-refractivity contribution is 0.0176. The van der Waals surface area contributed by atoms with Crippen LogP contribution in [0.5, 0.6) is 0 Å². The summed E-state index contributed by atoms with van der Waals surface area (Å²) in [4.78, 5) is 25.9. The van der Waals surface area contributed by atoms with Gasteiger partial charge in [0.15, 0.2) is 0 Å². The Kier molecular flexibility index (Phi) is 3.61. The third kappa shape index (κ3) is 2.49. The number of nitrogens with one attached hydrogen (secondary N) is 2. The van der Waals surface area contributed by atoms with Gasteiger partial charge in [0, 0.05) is 18.8 Å². The van der Waals surface area contributed by atoms with E-state index in [-0.39, 0.29) is 23.7 Å². The van der Waals surface area contributed by atoms with Crippen LogP contribution in [0.2, 0.25) is 0 Å². The van der Waals surface area contributed by atoms with Crippen LogP contribution in [0.3, 0.4) is 0 Å². The Morgan fingerprint density at radius 1 is 1.37 bits per heavy atom. The maximum atomic E-state index is 12.2. The van der Waals surface area contributed by atoms with Gasteiger partial charge in [-0.05, 0) is 32.3 Å². The van der Waals surface area contributed by atoms with Crippen molar-refractivity contribution < 1.29 is 19.4 Å². The first-order valence-corrected chi connectivity index (χ1v) is 6.20. The molecule has 19 heavy (non-hydrogen) atoms. The van der Waals surface area contributed by atoms with Crippen molar-refractivity contribution in [2.75, 3.05) is 7.11 Å². The molecule has 1 aliphatic carbocycles. The van der Waals surface area contributed by atoms with E-state index >= 15 is 0 Å². The number of aromatic carboxylic acids is 1. The quantitative estimate of drug-likeness (QED) is 0.764. The van der Waals surface area contributed by atoms with Crippen molar-refractivity contribution in [3.05, 3.63) is 22.5 Å². The summed E-state index contributed by atoms with van der Waals surface area (Å²) in [5.74, 6) is -1.28. The number of aromatic nitrogens is 1. The van der Waals surface area contributed by atoms with Crippen LogP contribution in [0.4, 0.5) is 0 Å². The summed E-state index contributed by atoms with van der Waals surface area (Å²) in [6, 6.07) is 0.111. The molecule has 2 rings (SSSR count). The van der Waals surface area contributed by atoms with Gasteiger partial charge in [-0.1, -0.05) is 0 Å². The Balaban J connectivity index is 2.10. The van der Waals surface area contributed by atoms with Crippen LogP contribution in [0, 0.1) is 13.8 Å². The van der Waals surface area contributed by atoms with Crippen LogP contribution >= 0.6 is 0 Å². The number of rotatable bonds is 4. The van der Waals surface area contributed by atoms with E-state index in [0.29, 0.717) is 16.8 Å². The van der Waals surface area contributed by atoms with Gasteiger partial charge in [0.05, 0.1) is 11.7 Å². The lowest BCUT2D eigenvalue weighted by atomic mass is 9.89. The standard InChI is InChI=1S/C13H18N2O4/c1-6-10(7(2)14-11(6)13(17)18)12(16)15-8-4-9(5-8)19-3/h8-9,14H,4-5H2,1-3H3,(H,15,16)(H,17,18). The number of carboxylic acid groups (broad SMARTS) is 1. The van der Waals surface area contributed by atoms with Crippen LogP contribution in [-0.2, 0) is 4.74 Å². The molecule has 0 bridgehead atoms. The maximum Gasteiger partial charge on any atom is 0.352 e. The Labute approximate surface area is 111 Å². The minimum atomic E-state index is -1.05. The summed E-state index contributed by atoms with van der Waals surface area (Å²) in [5, 5.41) is 11.9. The molecule has 0 spiro atoms. The van der Waals surface area contributed by atoms with Gasteiger partial charge in [-0.3, -0.25) is 4.79 Å². The minimum absolute atomic E-state index is 0.0750. The number of amides is 1. The highest BCUT2D eigenvalue weighted by Crippen LogP contribution is 2.24. The normalized spacial score (nSPS) is 21.8. The molecular formula is C13H18N2O4. The SMILES string of the molecule is COC1CC(NC(=O)c2c(C)[nH]c(C(=O)O)c2C)C1. The maximum absolute atomic E-state index is 12.2. The average molecular weight is 266 g/mol. The van der Waals surface area contributed by atoms with E-state index in [2.05, 4.69) is 10.3 Å². The fraction of sp³-hybridized carbons (Fsp3) is 0.538. The van der Waals surface area contributed by atoms with Crippen LogP contribution < -0.4 is 5.32 Å². The molecule has 1 saturated carbocycles. The van der Waals surface area contributed by atoms with Crippen molar-refractivity contribution in [1.82, 2.24) is 10.3 Å². The highest BCUT2D eigenvalue weighted by atomic mass is 16.5. The number of hydrogen-bond acceptors (Lipinski definition) is 3. The van der Waals surface area contributed by atoms with Gasteiger partial charge < -0.3 is 20.1 Å². The van der Waals surface area contributed by atoms with E-state index in [1.165, 1.54) is 0 Å². The first-order chi connectivity index (χ1) is 8.93. The number of aryl methyl sites for hydroxylation is 1. The van der Waals surface area contributed by atoms with E-state index in [0.717, 1.165) is 12.8 Å². The summed E-state index contributed by atoms with van der Waals surface area (Å²) >= 11 is 0. The van der Waals surface area contributed by atoms with Crippen LogP contribution in [0.25, 0.3) is 0 Å². The molecule has 0 unspecified atom stereocenters. The second-order valence-electron chi connectivity index (χ2n) is 4.93. The molecule has 0 saturated heterocycles. The van der Waals surface area contributed by atoms with Gasteiger partial charge in [0.25, 0.3) is 5.91 Å². The second-order valence-corrected chi connectivity index (χ2v) is 4.93. The van der Waals surface area contributed by atoms with Gasteiger partial charge in [-0.2, -0.15) is 0 Å². The van der Waals surface area contributed by atoms with E-state index in [9.17, 15) is 9.59 Å². The molecule has 1 fully saturated rings. The molecule has 1 heterocycles. The number of carbonyl (C=O) groups is 2. The van der Waals surface area contributed by atoms with E-state index in [4.69, 9.17) is 9.84 Å². The van der Waals surface area contributed by atoms with Gasteiger partial charge in [-0.25, -0.2) is 4.79 Å². The fourth-order valence-corrected chi connectivity index (χ4v) is 2.44. The summed E-state index contributed by atoms with van der Waals surface area (Å²) < 4.78 is 5.15. The number of ether oxygens (including phenoxy) is 1. The first-order valence-electron chi connectivity index (χ1n) is 6.20. The van der Waals surface area contributed by atoms with Crippen molar-refractivity contribution in [3.8, 4) is 0 Å². The Morgan fingerprint density at radius 2 is 2.00 bits per heavy atom. The van der Waals surface area contributed by atoms with Crippen molar-refractivity contribution in [3.63, 3.8) is 0 Å². The Bertz CT molecular complexity index is 515. The van der Waals surface area contributed by atoms with Crippen molar-refractivity contribution in [1.29, 1.82) is 0 Å². The predicted molar refractivity (Wildman–Crippen MR) is 68.5 cm³/mol. The molecule has 104 valence electrons. The van der Waals surface area contributed by atoms with E-state index in [1.54, 1.807) is 21.0 Å². The third-order valence-corrected chi connectivity index (χ3v) is 3.64. The average Bonchev–Trinajstić information content (AvgIpc) is 2.58. The van der Waals surface area contributed by atoms with Gasteiger partial charge in [0.2, 0.25) is 0 Å². The third-order valence-electron chi connectivity index (χ3n) is 3.64. The summed E-state index contributed by atoms with van der Waals surface area (Å²) in [7, 11) is 1.66. The smallest absolute Gasteiger partial charge is 0.352 e. The highest BCUT2D eigenvalue weighted by Gasteiger charge is 2.31. The molecule has 6 heteroatoms. The number of carboxylic acids is 1. The number of aromatic amines is 1.